The van der Waals surface area contributed by atoms with E-state index in [0.29, 0.717) is 10.7 Å². The molecule has 0 spiro atoms. The third-order valence-electron chi connectivity index (χ3n) is 2.00. The fraction of sp³-hybridized carbons (Fsp3) is 0.111. The summed E-state index contributed by atoms with van der Waals surface area (Å²) in [6.07, 6.45) is 1.71. The number of aromatic amines is 1. The van der Waals surface area contributed by atoms with Crippen molar-refractivity contribution in [2.75, 3.05) is 12.8 Å². The summed E-state index contributed by atoms with van der Waals surface area (Å²) in [6.45, 7) is 0. The lowest BCUT2D eigenvalue weighted by Gasteiger charge is -2.02. The molecule has 3 N–H and O–H groups in total. The average molecular weight is 197 g/mol. The second-order valence-corrected chi connectivity index (χ2v) is 3.15. The highest BCUT2D eigenvalue weighted by Gasteiger charge is 2.09. The molecule has 0 fully saturated rings. The summed E-state index contributed by atoms with van der Waals surface area (Å²) in [6, 6.07) is 3.58. The predicted molar refractivity (Wildman–Crippen MR) is 54.3 cm³/mol. The Morgan fingerprint density at radius 2 is 2.23 bits per heavy atom. The van der Waals surface area contributed by atoms with Gasteiger partial charge >= 0.3 is 0 Å². The minimum absolute atomic E-state index is 0.634. The second kappa shape index (κ2) is 2.85. The van der Waals surface area contributed by atoms with Gasteiger partial charge in [-0.3, -0.25) is 0 Å². The van der Waals surface area contributed by atoms with Crippen molar-refractivity contribution in [3.8, 4) is 5.75 Å². The lowest BCUT2D eigenvalue weighted by atomic mass is 10.2. The molecule has 0 atom stereocenters. The lowest BCUT2D eigenvalue weighted by Crippen LogP contribution is -1.85. The van der Waals surface area contributed by atoms with E-state index in [2.05, 4.69) is 4.98 Å². The molecule has 1 aromatic carbocycles. The van der Waals surface area contributed by atoms with Crippen molar-refractivity contribution in [1.82, 2.24) is 4.98 Å². The molecule has 0 radical (unpaired) electrons. The van der Waals surface area contributed by atoms with Crippen LogP contribution in [0.2, 0.25) is 5.02 Å². The van der Waals surface area contributed by atoms with Crippen molar-refractivity contribution in [1.29, 1.82) is 0 Å². The van der Waals surface area contributed by atoms with Crippen LogP contribution in [-0.2, 0) is 0 Å². The van der Waals surface area contributed by atoms with E-state index in [-0.39, 0.29) is 0 Å². The normalized spacial score (nSPS) is 10.6. The van der Waals surface area contributed by atoms with Crippen LogP contribution in [0.3, 0.4) is 0 Å². The highest BCUT2D eigenvalue weighted by atomic mass is 35.5. The number of ether oxygens (including phenoxy) is 1. The van der Waals surface area contributed by atoms with Gasteiger partial charge in [0, 0.05) is 11.6 Å². The molecule has 0 amide bonds. The molecule has 2 aromatic rings. The summed E-state index contributed by atoms with van der Waals surface area (Å²) in [5.41, 5.74) is 7.21. The van der Waals surface area contributed by atoms with Crippen molar-refractivity contribution in [3.05, 3.63) is 23.4 Å². The van der Waals surface area contributed by atoms with E-state index in [4.69, 9.17) is 22.1 Å². The fourth-order valence-corrected chi connectivity index (χ4v) is 1.64. The van der Waals surface area contributed by atoms with Gasteiger partial charge in [-0.25, -0.2) is 0 Å². The largest absolute Gasteiger partial charge is 0.495 e. The van der Waals surface area contributed by atoms with E-state index in [0.717, 1.165) is 16.7 Å². The van der Waals surface area contributed by atoms with Crippen molar-refractivity contribution in [3.63, 3.8) is 0 Å². The summed E-state index contributed by atoms with van der Waals surface area (Å²) < 4.78 is 5.15. The number of anilines is 1. The van der Waals surface area contributed by atoms with Gasteiger partial charge in [0.1, 0.15) is 5.75 Å². The zero-order chi connectivity index (χ0) is 9.42. The Labute approximate surface area is 80.4 Å². The van der Waals surface area contributed by atoms with Crippen LogP contribution in [0.25, 0.3) is 10.9 Å². The molecule has 0 aliphatic heterocycles. The van der Waals surface area contributed by atoms with E-state index < -0.39 is 0 Å². The van der Waals surface area contributed by atoms with Crippen LogP contribution in [0.4, 0.5) is 5.69 Å². The van der Waals surface area contributed by atoms with E-state index in [1.165, 1.54) is 0 Å². The summed E-state index contributed by atoms with van der Waals surface area (Å²) in [5.74, 6) is 0.746. The quantitative estimate of drug-likeness (QED) is 0.736. The van der Waals surface area contributed by atoms with Crippen molar-refractivity contribution >= 4 is 28.2 Å². The van der Waals surface area contributed by atoms with Gasteiger partial charge in [0.15, 0.2) is 0 Å². The third kappa shape index (κ3) is 1.12. The number of nitrogens with one attached hydrogen (secondary N) is 1. The van der Waals surface area contributed by atoms with Gasteiger partial charge in [-0.2, -0.15) is 0 Å². The lowest BCUT2D eigenvalue weighted by molar-refractivity contribution is 0.419. The first-order valence-corrected chi connectivity index (χ1v) is 4.21. The molecule has 0 saturated heterocycles. The number of nitrogen functional groups attached to an aromatic ring is 1. The zero-order valence-electron chi connectivity index (χ0n) is 7.10. The number of nitrogens with two attached hydrogens (primary N) is 1. The van der Waals surface area contributed by atoms with Gasteiger partial charge in [-0.15, -0.1) is 0 Å². The minimum atomic E-state index is 0.634. The van der Waals surface area contributed by atoms with E-state index in [1.807, 2.05) is 0 Å². The van der Waals surface area contributed by atoms with Crippen LogP contribution in [0, 0.1) is 0 Å². The Bertz CT molecular complexity index is 450. The van der Waals surface area contributed by atoms with Crippen molar-refractivity contribution in [2.45, 2.75) is 0 Å². The van der Waals surface area contributed by atoms with Crippen LogP contribution in [0.1, 0.15) is 0 Å². The Balaban J connectivity index is 2.87. The smallest absolute Gasteiger partial charge is 0.143 e. The Hall–Kier alpha value is -1.35. The van der Waals surface area contributed by atoms with E-state index in [9.17, 15) is 0 Å². The molecule has 0 bridgehead atoms. The second-order valence-electron chi connectivity index (χ2n) is 2.74. The van der Waals surface area contributed by atoms with Gasteiger partial charge in [-0.05, 0) is 12.1 Å². The van der Waals surface area contributed by atoms with Crippen molar-refractivity contribution in [2.24, 2.45) is 0 Å². The summed E-state index contributed by atoms with van der Waals surface area (Å²) in [5, 5.41) is 1.45. The minimum Gasteiger partial charge on any atom is -0.495 e. The molecule has 0 unspecified atom stereocenters. The fourth-order valence-electron chi connectivity index (χ4n) is 1.38. The van der Waals surface area contributed by atoms with Gasteiger partial charge in [0.05, 0.1) is 23.3 Å². The number of hydrogen-bond donors (Lipinski definition) is 2. The van der Waals surface area contributed by atoms with Gasteiger partial charge in [-0.1, -0.05) is 11.6 Å². The van der Waals surface area contributed by atoms with Crippen LogP contribution >= 0.6 is 11.6 Å². The standard InChI is InChI=1S/C9H9ClN2O/c1-13-7-3-2-5(10)8-6(11)4-12-9(7)8/h2-4,12H,11H2,1H3. The molecule has 0 saturated carbocycles. The predicted octanol–water partition coefficient (Wildman–Crippen LogP) is 2.41. The highest BCUT2D eigenvalue weighted by molar-refractivity contribution is 6.36. The maximum absolute atomic E-state index is 5.98. The number of rotatable bonds is 1. The van der Waals surface area contributed by atoms with Gasteiger partial charge < -0.3 is 15.5 Å². The molecule has 13 heavy (non-hydrogen) atoms. The molecule has 0 aliphatic carbocycles. The van der Waals surface area contributed by atoms with Gasteiger partial charge in [0.2, 0.25) is 0 Å². The molecule has 68 valence electrons. The first-order chi connectivity index (χ1) is 6.24. The molecule has 2 rings (SSSR count). The maximum Gasteiger partial charge on any atom is 0.143 e. The van der Waals surface area contributed by atoms with Crippen LogP contribution in [-0.4, -0.2) is 12.1 Å². The Morgan fingerprint density at radius 1 is 1.46 bits per heavy atom. The van der Waals surface area contributed by atoms with Gasteiger partial charge in [0.25, 0.3) is 0 Å². The first-order valence-electron chi connectivity index (χ1n) is 3.83. The summed E-state index contributed by atoms with van der Waals surface area (Å²) in [7, 11) is 1.61. The summed E-state index contributed by atoms with van der Waals surface area (Å²) in [4.78, 5) is 3.01. The average Bonchev–Trinajstić information content (AvgIpc) is 2.50. The van der Waals surface area contributed by atoms with Crippen LogP contribution < -0.4 is 10.5 Å². The van der Waals surface area contributed by atoms with Crippen LogP contribution in [0.15, 0.2) is 18.3 Å². The number of H-pyrrole nitrogens is 1. The van der Waals surface area contributed by atoms with Crippen LogP contribution in [0.5, 0.6) is 5.75 Å². The summed E-state index contributed by atoms with van der Waals surface area (Å²) >= 11 is 5.98. The molecule has 4 heteroatoms. The third-order valence-corrected chi connectivity index (χ3v) is 2.31. The van der Waals surface area contributed by atoms with E-state index in [1.54, 1.807) is 25.4 Å². The molecule has 1 heterocycles. The molecule has 3 nitrogen and oxygen atoms in total. The topological polar surface area (TPSA) is 51.0 Å². The van der Waals surface area contributed by atoms with Crippen molar-refractivity contribution < 1.29 is 4.74 Å². The number of halogens is 1. The Kier molecular flexibility index (Phi) is 1.81. The number of fused-ring (bicyclic) bond motifs is 1. The SMILES string of the molecule is COc1ccc(Cl)c2c(N)c[nH]c12. The maximum atomic E-state index is 5.98. The van der Waals surface area contributed by atoms with E-state index >= 15 is 0 Å². The molecule has 0 aliphatic rings. The number of methoxy groups -OCH3 is 1. The molecule has 1 aromatic heterocycles. The highest BCUT2D eigenvalue weighted by Crippen LogP contribution is 2.34. The number of benzene rings is 1. The first kappa shape index (κ1) is 8.26. The molecular weight excluding hydrogens is 188 g/mol. The number of aromatic nitrogens is 1. The molecular formula is C9H9ClN2O. The Morgan fingerprint density at radius 3 is 2.92 bits per heavy atom. The zero-order valence-corrected chi connectivity index (χ0v) is 7.85. The number of hydrogen-bond acceptors (Lipinski definition) is 2. The monoisotopic (exact) mass is 196 g/mol.